The quantitative estimate of drug-likeness (QED) is 0.443. The van der Waals surface area contributed by atoms with Gasteiger partial charge in [0.1, 0.15) is 0 Å². The Labute approximate surface area is 95.0 Å². The molecule has 94 valence electrons. The lowest BCUT2D eigenvalue weighted by atomic mass is 9.99. The van der Waals surface area contributed by atoms with Crippen LogP contribution in [-0.4, -0.2) is 61.2 Å². The number of ether oxygens (including phenoxy) is 1. The Balaban J connectivity index is 2.57. The minimum atomic E-state index is -0.974. The van der Waals surface area contributed by atoms with E-state index < -0.39 is 5.54 Å². The molecule has 0 saturated carbocycles. The molecule has 6 heteroatoms. The van der Waals surface area contributed by atoms with Crippen LogP contribution in [0.25, 0.3) is 0 Å². The van der Waals surface area contributed by atoms with Gasteiger partial charge in [-0.15, -0.1) is 0 Å². The van der Waals surface area contributed by atoms with Gasteiger partial charge in [-0.1, -0.05) is 0 Å². The predicted octanol–water partition coefficient (Wildman–Crippen LogP) is -1.92. The molecule has 2 unspecified atom stereocenters. The minimum Gasteiger partial charge on any atom is -0.394 e. The summed E-state index contributed by atoms with van der Waals surface area (Å²) in [6, 6.07) is -0.0124. The molecule has 0 aromatic rings. The van der Waals surface area contributed by atoms with Crippen LogP contribution in [0.15, 0.2) is 0 Å². The number of carbonyl (C=O) groups is 1. The van der Waals surface area contributed by atoms with Crippen molar-refractivity contribution in [3.05, 3.63) is 0 Å². The molecule has 1 heterocycles. The van der Waals surface area contributed by atoms with Gasteiger partial charge in [0.15, 0.2) is 0 Å². The van der Waals surface area contributed by atoms with Gasteiger partial charge < -0.3 is 25.6 Å². The van der Waals surface area contributed by atoms with Gasteiger partial charge in [0.2, 0.25) is 5.91 Å². The normalized spacial score (nSPS) is 25.8. The molecule has 1 fully saturated rings. The van der Waals surface area contributed by atoms with Crippen molar-refractivity contribution in [1.29, 1.82) is 0 Å². The molecule has 1 aliphatic heterocycles. The van der Waals surface area contributed by atoms with Crippen molar-refractivity contribution in [2.24, 2.45) is 5.92 Å². The van der Waals surface area contributed by atoms with Gasteiger partial charge in [-0.2, -0.15) is 0 Å². The van der Waals surface area contributed by atoms with Gasteiger partial charge in [0.25, 0.3) is 0 Å². The molecule has 6 nitrogen and oxygen atoms in total. The van der Waals surface area contributed by atoms with E-state index in [0.29, 0.717) is 13.2 Å². The van der Waals surface area contributed by atoms with E-state index in [-0.39, 0.29) is 31.1 Å². The van der Waals surface area contributed by atoms with Gasteiger partial charge in [-0.3, -0.25) is 4.79 Å². The second-order valence-electron chi connectivity index (χ2n) is 4.41. The zero-order chi connectivity index (χ0) is 12.2. The first-order valence-electron chi connectivity index (χ1n) is 5.35. The highest BCUT2D eigenvalue weighted by Crippen LogP contribution is 2.15. The summed E-state index contributed by atoms with van der Waals surface area (Å²) in [7, 11) is 1.77. The Morgan fingerprint density at radius 1 is 1.44 bits per heavy atom. The number of hydrogen-bond acceptors (Lipinski definition) is 5. The molecule has 0 aromatic heterocycles. The fourth-order valence-electron chi connectivity index (χ4n) is 1.62. The lowest BCUT2D eigenvalue weighted by Gasteiger charge is -2.28. The molecule has 0 aromatic carbocycles. The van der Waals surface area contributed by atoms with E-state index in [9.17, 15) is 4.79 Å². The van der Waals surface area contributed by atoms with Crippen LogP contribution in [-0.2, 0) is 9.53 Å². The van der Waals surface area contributed by atoms with Gasteiger partial charge in [-0.05, 0) is 14.0 Å². The molecule has 0 bridgehead atoms. The van der Waals surface area contributed by atoms with Gasteiger partial charge >= 0.3 is 0 Å². The van der Waals surface area contributed by atoms with Crippen molar-refractivity contribution in [2.75, 3.05) is 33.5 Å². The summed E-state index contributed by atoms with van der Waals surface area (Å²) in [5, 5.41) is 23.8. The third-order valence-corrected chi connectivity index (χ3v) is 2.91. The average molecular weight is 232 g/mol. The molecule has 16 heavy (non-hydrogen) atoms. The van der Waals surface area contributed by atoms with E-state index in [1.165, 1.54) is 0 Å². The Bertz CT molecular complexity index is 243. The van der Waals surface area contributed by atoms with E-state index in [4.69, 9.17) is 14.9 Å². The first-order valence-corrected chi connectivity index (χ1v) is 5.35. The first-order chi connectivity index (χ1) is 7.56. The van der Waals surface area contributed by atoms with Crippen LogP contribution < -0.4 is 10.6 Å². The number of nitrogens with one attached hydrogen (secondary N) is 2. The van der Waals surface area contributed by atoms with Crippen LogP contribution in [0, 0.1) is 5.92 Å². The number of carbonyl (C=O) groups excluding carboxylic acids is 1. The number of rotatable bonds is 5. The molecule has 0 aliphatic carbocycles. The molecule has 1 saturated heterocycles. The molecular weight excluding hydrogens is 212 g/mol. The summed E-state index contributed by atoms with van der Waals surface area (Å²) >= 11 is 0. The summed E-state index contributed by atoms with van der Waals surface area (Å²) < 4.78 is 5.22. The van der Waals surface area contributed by atoms with Crippen molar-refractivity contribution in [3.63, 3.8) is 0 Å². The van der Waals surface area contributed by atoms with Crippen LogP contribution in [0.1, 0.15) is 6.92 Å². The van der Waals surface area contributed by atoms with E-state index in [0.717, 1.165) is 0 Å². The second-order valence-corrected chi connectivity index (χ2v) is 4.41. The van der Waals surface area contributed by atoms with Crippen LogP contribution in [0.2, 0.25) is 0 Å². The zero-order valence-corrected chi connectivity index (χ0v) is 9.69. The van der Waals surface area contributed by atoms with Crippen molar-refractivity contribution >= 4 is 5.91 Å². The number of aliphatic hydroxyl groups excluding tert-OH is 2. The highest BCUT2D eigenvalue weighted by atomic mass is 16.5. The second kappa shape index (κ2) is 5.58. The smallest absolute Gasteiger partial charge is 0.227 e. The van der Waals surface area contributed by atoms with Crippen LogP contribution in [0.5, 0.6) is 0 Å². The number of likely N-dealkylation sites (N-methyl/N-ethyl adjacent to an activating group) is 1. The van der Waals surface area contributed by atoms with E-state index in [2.05, 4.69) is 10.6 Å². The first kappa shape index (κ1) is 13.4. The van der Waals surface area contributed by atoms with Crippen molar-refractivity contribution in [3.8, 4) is 0 Å². The highest BCUT2D eigenvalue weighted by Gasteiger charge is 2.36. The van der Waals surface area contributed by atoms with E-state index >= 15 is 0 Å². The monoisotopic (exact) mass is 232 g/mol. The van der Waals surface area contributed by atoms with Crippen LogP contribution in [0.4, 0.5) is 0 Å². The lowest BCUT2D eigenvalue weighted by molar-refractivity contribution is -0.128. The van der Waals surface area contributed by atoms with Crippen molar-refractivity contribution in [2.45, 2.75) is 18.5 Å². The van der Waals surface area contributed by atoms with Crippen LogP contribution >= 0.6 is 0 Å². The van der Waals surface area contributed by atoms with Gasteiger partial charge in [0.05, 0.1) is 37.9 Å². The zero-order valence-electron chi connectivity index (χ0n) is 9.69. The third kappa shape index (κ3) is 2.91. The predicted molar refractivity (Wildman–Crippen MR) is 57.9 cm³/mol. The third-order valence-electron chi connectivity index (χ3n) is 2.91. The van der Waals surface area contributed by atoms with Gasteiger partial charge in [-0.25, -0.2) is 0 Å². The molecular formula is C10H20N2O4. The molecule has 1 rings (SSSR count). The average Bonchev–Trinajstić information content (AvgIpc) is 2.76. The summed E-state index contributed by atoms with van der Waals surface area (Å²) in [6.07, 6.45) is 0. The largest absolute Gasteiger partial charge is 0.394 e. The summed E-state index contributed by atoms with van der Waals surface area (Å²) in [6.45, 7) is 1.86. The maximum atomic E-state index is 11.9. The summed E-state index contributed by atoms with van der Waals surface area (Å²) in [4.78, 5) is 11.9. The van der Waals surface area contributed by atoms with Gasteiger partial charge in [0, 0.05) is 6.04 Å². The Morgan fingerprint density at radius 3 is 2.56 bits per heavy atom. The molecule has 0 spiro atoms. The number of aliphatic hydroxyl groups is 2. The molecule has 1 aliphatic rings. The van der Waals surface area contributed by atoms with Crippen molar-refractivity contribution in [1.82, 2.24) is 10.6 Å². The van der Waals surface area contributed by atoms with Crippen LogP contribution in [0.3, 0.4) is 0 Å². The lowest BCUT2D eigenvalue weighted by Crippen LogP contribution is -2.55. The van der Waals surface area contributed by atoms with Crippen molar-refractivity contribution < 1.29 is 19.7 Å². The summed E-state index contributed by atoms with van der Waals surface area (Å²) in [5.74, 6) is -0.482. The molecule has 1 amide bonds. The fraction of sp³-hybridized carbons (Fsp3) is 0.900. The maximum absolute atomic E-state index is 11.9. The van der Waals surface area contributed by atoms with E-state index in [1.807, 2.05) is 0 Å². The molecule has 4 N–H and O–H groups in total. The Kier molecular flexibility index (Phi) is 4.67. The minimum absolute atomic E-state index is 0.0124. The summed E-state index contributed by atoms with van der Waals surface area (Å²) in [5.41, 5.74) is -0.974. The highest BCUT2D eigenvalue weighted by molar-refractivity contribution is 5.80. The fourth-order valence-corrected chi connectivity index (χ4v) is 1.62. The Morgan fingerprint density at radius 2 is 2.06 bits per heavy atom. The van der Waals surface area contributed by atoms with E-state index in [1.54, 1.807) is 14.0 Å². The maximum Gasteiger partial charge on any atom is 0.227 e. The number of hydrogen-bond donors (Lipinski definition) is 4. The number of amides is 1. The molecule has 0 radical (unpaired) electrons. The Hall–Kier alpha value is -0.690. The standard InChI is InChI=1S/C10H20N2O4/c1-10(5-13,6-14)12-9(15)7-3-16-4-8(7)11-2/h7-8,11,13-14H,3-6H2,1-2H3,(H,12,15). The topological polar surface area (TPSA) is 90.8 Å². The molecule has 2 atom stereocenters. The SMILES string of the molecule is CNC1COCC1C(=O)NC(C)(CO)CO.